The Morgan fingerprint density at radius 1 is 2.00 bits per heavy atom. The first kappa shape index (κ1) is 5.27. The van der Waals surface area contributed by atoms with Gasteiger partial charge in [-0.15, -0.1) is 0 Å². The number of hydrogen-bond donors (Lipinski definition) is 2. The first-order valence-corrected chi connectivity index (χ1v) is 2.27. The van der Waals surface area contributed by atoms with Crippen molar-refractivity contribution in [2.75, 3.05) is 12.9 Å². The molecule has 0 amide bonds. The number of hydrogen-bond acceptors (Lipinski definition) is 3. The van der Waals surface area contributed by atoms with E-state index in [1.54, 1.807) is 7.05 Å². The Hall–Kier alpha value is 0.270. The molecule has 2 N–H and O–H groups in total. The fourth-order valence-electron chi connectivity index (χ4n) is 0.0645. The van der Waals surface area contributed by atoms with Gasteiger partial charge in [0.1, 0.15) is 0 Å². The zero-order valence-corrected chi connectivity index (χ0v) is 3.88. The fourth-order valence-corrected chi connectivity index (χ4v) is 0.194. The minimum absolute atomic E-state index is 0.611. The summed E-state index contributed by atoms with van der Waals surface area (Å²) in [5, 5.41) is 2.73. The minimum atomic E-state index is 0.611. The molecule has 0 bridgehead atoms. The average Bonchev–Trinajstić information content (AvgIpc) is 1.41. The Balaban J connectivity index is 2.19. The predicted molar refractivity (Wildman–Crippen MR) is 24.1 cm³/mol. The van der Waals surface area contributed by atoms with Crippen LogP contribution in [0.2, 0.25) is 0 Å². The van der Waals surface area contributed by atoms with Crippen LogP contribution in [0.1, 0.15) is 0 Å². The lowest BCUT2D eigenvalue weighted by Gasteiger charge is -1.83. The highest BCUT2D eigenvalue weighted by atomic mass is 32.2. The molecule has 0 aromatic rings. The molecule has 32 valence electrons. The summed E-state index contributed by atoms with van der Waals surface area (Å²) in [6.07, 6.45) is 0. The van der Waals surface area contributed by atoms with Crippen molar-refractivity contribution in [2.45, 2.75) is 0 Å². The fraction of sp³-hybridized carbons (Fsp3) is 1.00. The molecule has 0 aromatic heterocycles. The summed E-state index contributed by atoms with van der Waals surface area (Å²) in [6, 6.07) is 0. The summed E-state index contributed by atoms with van der Waals surface area (Å²) in [6.45, 7) is 0. The largest absolute Gasteiger partial charge is 0.329 e. The van der Waals surface area contributed by atoms with Crippen LogP contribution in [-0.2, 0) is 0 Å². The zero-order valence-electron chi connectivity index (χ0n) is 3.06. The van der Waals surface area contributed by atoms with Crippen molar-refractivity contribution >= 4 is 12.0 Å². The van der Waals surface area contributed by atoms with E-state index >= 15 is 0 Å². The van der Waals surface area contributed by atoms with E-state index in [9.17, 15) is 0 Å². The summed E-state index contributed by atoms with van der Waals surface area (Å²) in [7, 11) is 1.78. The lowest BCUT2D eigenvalue weighted by Crippen LogP contribution is -2.01. The average molecular weight is 93.2 g/mol. The summed E-state index contributed by atoms with van der Waals surface area (Å²) in [4.78, 5) is 0. The van der Waals surface area contributed by atoms with Crippen molar-refractivity contribution in [3.63, 3.8) is 0 Å². The molecule has 0 rings (SSSR count). The Bertz CT molecular complexity index is 17.1. The highest BCUT2D eigenvalue weighted by Crippen LogP contribution is 1.80. The molecule has 0 radical (unpaired) electrons. The maximum absolute atomic E-state index is 7.92. The highest BCUT2D eigenvalue weighted by molar-refractivity contribution is 7.93. The van der Waals surface area contributed by atoms with E-state index in [0.29, 0.717) is 5.88 Å². The molecule has 0 aromatic carbocycles. The molecule has 0 saturated heterocycles. The third-order valence-electron chi connectivity index (χ3n) is 0.209. The van der Waals surface area contributed by atoms with Crippen LogP contribution in [0.4, 0.5) is 0 Å². The van der Waals surface area contributed by atoms with E-state index < -0.39 is 0 Å². The maximum Gasteiger partial charge on any atom is 0.0680 e. The van der Waals surface area contributed by atoms with Gasteiger partial charge < -0.3 is 9.87 Å². The molecule has 0 aliphatic rings. The summed E-state index contributed by atoms with van der Waals surface area (Å²) >= 11 is 0.791. The topological polar surface area (TPSA) is 32.3 Å². The second-order valence-corrected chi connectivity index (χ2v) is 1.17. The van der Waals surface area contributed by atoms with Gasteiger partial charge in [0, 0.05) is 12.0 Å². The Morgan fingerprint density at radius 2 is 2.60 bits per heavy atom. The third-order valence-corrected chi connectivity index (χ3v) is 0.627. The quantitative estimate of drug-likeness (QED) is 0.382. The maximum atomic E-state index is 7.92. The Kier molecular flexibility index (Phi) is 4.50. The highest BCUT2D eigenvalue weighted by Gasteiger charge is 1.66. The van der Waals surface area contributed by atoms with Crippen LogP contribution in [-0.4, -0.2) is 17.5 Å². The molecule has 0 saturated carbocycles. The SMILES string of the molecule is CNCSO. The monoisotopic (exact) mass is 93.0 g/mol. The van der Waals surface area contributed by atoms with Gasteiger partial charge in [-0.1, -0.05) is 0 Å². The predicted octanol–water partition coefficient (Wildman–Crippen LogP) is 0.369. The van der Waals surface area contributed by atoms with Gasteiger partial charge in [-0.25, -0.2) is 0 Å². The second kappa shape index (κ2) is 4.27. The van der Waals surface area contributed by atoms with Crippen LogP contribution in [0.3, 0.4) is 0 Å². The van der Waals surface area contributed by atoms with E-state index in [2.05, 4.69) is 5.32 Å². The number of nitrogens with one attached hydrogen (secondary N) is 1. The number of rotatable bonds is 2. The van der Waals surface area contributed by atoms with Gasteiger partial charge in [-0.3, -0.25) is 0 Å². The van der Waals surface area contributed by atoms with Crippen molar-refractivity contribution < 1.29 is 4.55 Å². The van der Waals surface area contributed by atoms with E-state index in [1.165, 1.54) is 0 Å². The van der Waals surface area contributed by atoms with Gasteiger partial charge >= 0.3 is 0 Å². The summed E-state index contributed by atoms with van der Waals surface area (Å²) in [5.41, 5.74) is 0. The smallest absolute Gasteiger partial charge is 0.0680 e. The van der Waals surface area contributed by atoms with Crippen LogP contribution in [0.25, 0.3) is 0 Å². The van der Waals surface area contributed by atoms with Gasteiger partial charge in [0.25, 0.3) is 0 Å². The van der Waals surface area contributed by atoms with Crippen LogP contribution < -0.4 is 5.32 Å². The van der Waals surface area contributed by atoms with E-state index in [1.807, 2.05) is 0 Å². The zero-order chi connectivity index (χ0) is 4.12. The van der Waals surface area contributed by atoms with E-state index in [0.717, 1.165) is 12.0 Å². The molecule has 0 heterocycles. The molecule has 0 fully saturated rings. The van der Waals surface area contributed by atoms with Gasteiger partial charge in [0.05, 0.1) is 5.88 Å². The standard InChI is InChI=1S/C2H7NOS/c1-3-2-5-4/h3-4H,2H2,1H3. The van der Waals surface area contributed by atoms with Crippen molar-refractivity contribution in [3.05, 3.63) is 0 Å². The van der Waals surface area contributed by atoms with Crippen molar-refractivity contribution in [3.8, 4) is 0 Å². The normalized spacial score (nSPS) is 8.40. The summed E-state index contributed by atoms with van der Waals surface area (Å²) < 4.78 is 7.92. The molecule has 0 atom stereocenters. The van der Waals surface area contributed by atoms with Crippen LogP contribution in [0, 0.1) is 0 Å². The third kappa shape index (κ3) is 4.27. The lowest BCUT2D eigenvalue weighted by molar-refractivity contribution is 0.659. The molecule has 0 aliphatic heterocycles. The van der Waals surface area contributed by atoms with Crippen LogP contribution in [0.15, 0.2) is 0 Å². The minimum Gasteiger partial charge on any atom is -0.329 e. The van der Waals surface area contributed by atoms with E-state index in [4.69, 9.17) is 4.55 Å². The van der Waals surface area contributed by atoms with Gasteiger partial charge in [0.15, 0.2) is 0 Å². The van der Waals surface area contributed by atoms with Gasteiger partial charge in [0.2, 0.25) is 0 Å². The molecule has 0 aliphatic carbocycles. The summed E-state index contributed by atoms with van der Waals surface area (Å²) in [5.74, 6) is 0.611. The van der Waals surface area contributed by atoms with Crippen molar-refractivity contribution in [1.82, 2.24) is 5.32 Å². The molecule has 5 heavy (non-hydrogen) atoms. The molecule has 0 spiro atoms. The molecule has 2 nitrogen and oxygen atoms in total. The Labute approximate surface area is 35.8 Å². The van der Waals surface area contributed by atoms with Gasteiger partial charge in [-0.05, 0) is 7.05 Å². The Morgan fingerprint density at radius 3 is 2.60 bits per heavy atom. The lowest BCUT2D eigenvalue weighted by atomic mass is 11.3. The van der Waals surface area contributed by atoms with Crippen molar-refractivity contribution in [1.29, 1.82) is 0 Å². The first-order chi connectivity index (χ1) is 2.41. The molecule has 0 unspecified atom stereocenters. The second-order valence-electron chi connectivity index (χ2n) is 0.627. The van der Waals surface area contributed by atoms with Gasteiger partial charge in [-0.2, -0.15) is 0 Å². The van der Waals surface area contributed by atoms with Crippen LogP contribution in [0.5, 0.6) is 0 Å². The molecular formula is C2H7NOS. The van der Waals surface area contributed by atoms with Crippen molar-refractivity contribution in [2.24, 2.45) is 0 Å². The van der Waals surface area contributed by atoms with Crippen LogP contribution >= 0.6 is 12.0 Å². The molecule has 3 heteroatoms. The first-order valence-electron chi connectivity index (χ1n) is 1.32. The molecular weight excluding hydrogens is 86.1 g/mol. The van der Waals surface area contributed by atoms with E-state index in [-0.39, 0.29) is 0 Å².